The largest absolute Gasteiger partial charge is 0.407 e. The topological polar surface area (TPSA) is 74.4 Å². The fourth-order valence-electron chi connectivity index (χ4n) is 1.90. The summed E-state index contributed by atoms with van der Waals surface area (Å²) < 4.78 is 5.59. The van der Waals surface area contributed by atoms with Crippen molar-refractivity contribution in [1.29, 1.82) is 0 Å². The molecule has 1 aromatic rings. The zero-order chi connectivity index (χ0) is 12.1. The zero-order valence-corrected chi connectivity index (χ0v) is 10.2. The lowest BCUT2D eigenvalue weighted by molar-refractivity contribution is 0.275. The predicted molar refractivity (Wildman–Crippen MR) is 63.7 cm³/mol. The normalized spacial score (nSPS) is 15.9. The Morgan fingerprint density at radius 1 is 1.47 bits per heavy atom. The molecule has 1 saturated carbocycles. The first-order valence-electron chi connectivity index (χ1n) is 6.25. The summed E-state index contributed by atoms with van der Waals surface area (Å²) in [5, 5.41) is 20.3. The van der Waals surface area contributed by atoms with E-state index in [0.717, 1.165) is 19.4 Å². The van der Waals surface area contributed by atoms with Gasteiger partial charge in [0.25, 0.3) is 0 Å². The summed E-state index contributed by atoms with van der Waals surface area (Å²) >= 11 is 0. The van der Waals surface area contributed by atoms with Crippen LogP contribution in [0.5, 0.6) is 0 Å². The molecule has 0 atom stereocenters. The first-order valence-corrected chi connectivity index (χ1v) is 6.25. The first kappa shape index (κ1) is 12.3. The van der Waals surface area contributed by atoms with Crippen LogP contribution in [0.3, 0.4) is 0 Å². The van der Waals surface area contributed by atoms with Gasteiger partial charge in [-0.3, -0.25) is 0 Å². The van der Waals surface area contributed by atoms with Crippen LogP contribution in [0.25, 0.3) is 0 Å². The molecule has 1 heterocycles. The van der Waals surface area contributed by atoms with Crippen LogP contribution in [0.1, 0.15) is 32.1 Å². The Labute approximate surface area is 101 Å². The second kappa shape index (κ2) is 5.97. The van der Waals surface area contributed by atoms with Gasteiger partial charge >= 0.3 is 6.01 Å². The Morgan fingerprint density at radius 3 is 2.88 bits per heavy atom. The molecule has 0 aromatic carbocycles. The van der Waals surface area contributed by atoms with Crippen molar-refractivity contribution in [2.75, 3.05) is 24.6 Å². The number of aliphatic hydroxyl groups is 1. The molecule has 17 heavy (non-hydrogen) atoms. The van der Waals surface area contributed by atoms with Gasteiger partial charge in [-0.1, -0.05) is 12.0 Å². The highest BCUT2D eigenvalue weighted by Gasteiger charge is 2.28. The third-order valence-electron chi connectivity index (χ3n) is 3.08. The van der Waals surface area contributed by atoms with Crippen LogP contribution in [0, 0.1) is 0 Å². The molecule has 96 valence electrons. The summed E-state index contributed by atoms with van der Waals surface area (Å²) in [6.45, 7) is 4.18. The van der Waals surface area contributed by atoms with Crippen LogP contribution in [0.2, 0.25) is 0 Å². The third kappa shape index (κ3) is 2.95. The molecule has 0 unspecified atom stereocenters. The van der Waals surface area contributed by atoms with E-state index in [0.29, 0.717) is 31.0 Å². The molecule has 2 rings (SSSR count). The lowest BCUT2D eigenvalue weighted by Gasteiger charge is -2.35. The number of nitrogens with zero attached hydrogens (tertiary/aromatic N) is 3. The molecule has 0 aliphatic heterocycles. The van der Waals surface area contributed by atoms with E-state index in [4.69, 9.17) is 9.52 Å². The van der Waals surface area contributed by atoms with Gasteiger partial charge in [-0.2, -0.15) is 0 Å². The smallest absolute Gasteiger partial charge is 0.318 e. The summed E-state index contributed by atoms with van der Waals surface area (Å²) in [6, 6.07) is 0.992. The summed E-state index contributed by atoms with van der Waals surface area (Å²) in [5.74, 6) is 0.601. The molecule has 0 radical (unpaired) electrons. The van der Waals surface area contributed by atoms with E-state index in [-0.39, 0.29) is 6.61 Å². The van der Waals surface area contributed by atoms with Gasteiger partial charge in [-0.15, -0.1) is 5.10 Å². The number of rotatable bonds is 7. The van der Waals surface area contributed by atoms with Gasteiger partial charge in [0.05, 0.1) is 13.2 Å². The van der Waals surface area contributed by atoms with E-state index in [2.05, 4.69) is 15.5 Å². The van der Waals surface area contributed by atoms with Crippen molar-refractivity contribution < 1.29 is 9.52 Å². The SMILES string of the molecule is CCNCc1nnc(N(CCO)C2CCC2)o1. The minimum Gasteiger partial charge on any atom is -0.407 e. The molecule has 0 saturated heterocycles. The van der Waals surface area contributed by atoms with Crippen molar-refractivity contribution in [1.82, 2.24) is 15.5 Å². The van der Waals surface area contributed by atoms with Crippen molar-refractivity contribution in [3.8, 4) is 0 Å². The molecule has 1 fully saturated rings. The van der Waals surface area contributed by atoms with Crippen molar-refractivity contribution in [2.24, 2.45) is 0 Å². The molecular weight excluding hydrogens is 220 g/mol. The minimum atomic E-state index is 0.113. The van der Waals surface area contributed by atoms with Crippen molar-refractivity contribution in [3.05, 3.63) is 5.89 Å². The van der Waals surface area contributed by atoms with Gasteiger partial charge in [0, 0.05) is 12.6 Å². The Bertz CT molecular complexity index is 338. The number of aliphatic hydroxyl groups excluding tert-OH is 1. The van der Waals surface area contributed by atoms with Crippen molar-refractivity contribution >= 4 is 6.01 Å². The van der Waals surface area contributed by atoms with Crippen molar-refractivity contribution in [3.63, 3.8) is 0 Å². The van der Waals surface area contributed by atoms with Gasteiger partial charge in [-0.05, 0) is 25.8 Å². The van der Waals surface area contributed by atoms with E-state index in [1.807, 2.05) is 11.8 Å². The molecule has 0 amide bonds. The Balaban J connectivity index is 1.99. The molecular formula is C11H20N4O2. The highest BCUT2D eigenvalue weighted by atomic mass is 16.4. The van der Waals surface area contributed by atoms with Gasteiger partial charge in [0.15, 0.2) is 0 Å². The number of hydrogen-bond donors (Lipinski definition) is 2. The third-order valence-corrected chi connectivity index (χ3v) is 3.08. The second-order valence-electron chi connectivity index (χ2n) is 4.26. The zero-order valence-electron chi connectivity index (χ0n) is 10.2. The molecule has 1 aromatic heterocycles. The second-order valence-corrected chi connectivity index (χ2v) is 4.26. The van der Waals surface area contributed by atoms with E-state index in [1.54, 1.807) is 0 Å². The Hall–Kier alpha value is -1.14. The lowest BCUT2D eigenvalue weighted by atomic mass is 9.92. The van der Waals surface area contributed by atoms with E-state index >= 15 is 0 Å². The molecule has 6 heteroatoms. The summed E-state index contributed by atoms with van der Waals surface area (Å²) in [6.07, 6.45) is 3.53. The van der Waals surface area contributed by atoms with Crippen LogP contribution in [0.4, 0.5) is 6.01 Å². The molecule has 0 spiro atoms. The number of anilines is 1. The molecule has 1 aliphatic carbocycles. The van der Waals surface area contributed by atoms with Crippen LogP contribution in [-0.2, 0) is 6.54 Å². The van der Waals surface area contributed by atoms with Crippen LogP contribution in [-0.4, -0.2) is 41.0 Å². The van der Waals surface area contributed by atoms with Gasteiger partial charge in [-0.25, -0.2) is 0 Å². The fourth-order valence-corrected chi connectivity index (χ4v) is 1.90. The molecule has 0 bridgehead atoms. The first-order chi connectivity index (χ1) is 8.35. The van der Waals surface area contributed by atoms with Crippen LogP contribution >= 0.6 is 0 Å². The number of nitrogens with one attached hydrogen (secondary N) is 1. The maximum absolute atomic E-state index is 9.07. The predicted octanol–water partition coefficient (Wildman–Crippen LogP) is 0.530. The minimum absolute atomic E-state index is 0.113. The van der Waals surface area contributed by atoms with E-state index in [1.165, 1.54) is 6.42 Å². The molecule has 6 nitrogen and oxygen atoms in total. The highest BCUT2D eigenvalue weighted by Crippen LogP contribution is 2.28. The fraction of sp³-hybridized carbons (Fsp3) is 0.818. The highest BCUT2D eigenvalue weighted by molar-refractivity contribution is 5.27. The molecule has 1 aliphatic rings. The van der Waals surface area contributed by atoms with Gasteiger partial charge in [0.1, 0.15) is 0 Å². The standard InChI is InChI=1S/C11H20N4O2/c1-2-12-8-10-13-14-11(17-10)15(6-7-16)9-4-3-5-9/h9,12,16H,2-8H2,1H3. The number of aromatic nitrogens is 2. The maximum Gasteiger partial charge on any atom is 0.318 e. The monoisotopic (exact) mass is 240 g/mol. The maximum atomic E-state index is 9.07. The van der Waals surface area contributed by atoms with Crippen LogP contribution in [0.15, 0.2) is 4.42 Å². The summed E-state index contributed by atoms with van der Waals surface area (Å²) in [7, 11) is 0. The lowest BCUT2D eigenvalue weighted by Crippen LogP contribution is -2.42. The van der Waals surface area contributed by atoms with E-state index < -0.39 is 0 Å². The molecule has 2 N–H and O–H groups in total. The number of hydrogen-bond acceptors (Lipinski definition) is 6. The van der Waals surface area contributed by atoms with E-state index in [9.17, 15) is 0 Å². The quantitative estimate of drug-likeness (QED) is 0.724. The Kier molecular flexibility index (Phi) is 4.33. The Morgan fingerprint density at radius 2 is 2.29 bits per heavy atom. The summed E-state index contributed by atoms with van der Waals surface area (Å²) in [4.78, 5) is 2.02. The van der Waals surface area contributed by atoms with Gasteiger partial charge < -0.3 is 19.7 Å². The average molecular weight is 240 g/mol. The van der Waals surface area contributed by atoms with Crippen LogP contribution < -0.4 is 10.2 Å². The van der Waals surface area contributed by atoms with Gasteiger partial charge in [0.2, 0.25) is 5.89 Å². The average Bonchev–Trinajstić information content (AvgIpc) is 2.71. The van der Waals surface area contributed by atoms with Crippen molar-refractivity contribution in [2.45, 2.75) is 38.8 Å². The summed E-state index contributed by atoms with van der Waals surface area (Å²) in [5.41, 5.74) is 0.